The van der Waals surface area contributed by atoms with Gasteiger partial charge in [0.2, 0.25) is 5.91 Å². The number of hydrogen-bond donors (Lipinski definition) is 1. The Morgan fingerprint density at radius 2 is 2.18 bits per heavy atom. The minimum atomic E-state index is -0.439. The minimum Gasteiger partial charge on any atom is -0.381 e. The first-order valence-corrected chi connectivity index (χ1v) is 8.78. The Bertz CT molecular complexity index is 543. The molecule has 0 aliphatic carbocycles. The van der Waals surface area contributed by atoms with E-state index in [9.17, 15) is 4.79 Å². The van der Waals surface area contributed by atoms with Crippen LogP contribution in [0.25, 0.3) is 0 Å². The molecule has 5 heteroatoms. The number of ether oxygens (including phenoxy) is 1. The molecule has 2 fully saturated rings. The predicted molar refractivity (Wildman–Crippen MR) is 89.6 cm³/mol. The molecule has 1 aromatic carbocycles. The second-order valence-corrected chi connectivity index (χ2v) is 7.26. The Labute approximate surface area is 140 Å². The van der Waals surface area contributed by atoms with Gasteiger partial charge >= 0.3 is 0 Å². The number of nitrogens with zero attached hydrogens (tertiary/aromatic N) is 1. The van der Waals surface area contributed by atoms with Crippen molar-refractivity contribution in [2.24, 2.45) is 11.7 Å². The number of nitrogens with two attached hydrogens (primary N) is 1. The third-order valence-corrected chi connectivity index (χ3v) is 5.53. The lowest BCUT2D eigenvalue weighted by atomic mass is 9.73. The Hall–Kier alpha value is -0.910. The summed E-state index contributed by atoms with van der Waals surface area (Å²) in [6.45, 7) is 3.58. The van der Waals surface area contributed by atoms with E-state index in [1.807, 2.05) is 17.0 Å². The molecular formula is C17H23BrN2O2. The van der Waals surface area contributed by atoms with E-state index in [2.05, 4.69) is 28.1 Å². The lowest BCUT2D eigenvalue weighted by molar-refractivity contribution is -0.140. The molecule has 1 aromatic rings. The summed E-state index contributed by atoms with van der Waals surface area (Å²) in [6.07, 6.45) is 2.53. The lowest BCUT2D eigenvalue weighted by Crippen LogP contribution is -2.49. The smallest absolute Gasteiger partial charge is 0.233 e. The van der Waals surface area contributed by atoms with Gasteiger partial charge in [0.05, 0.1) is 5.41 Å². The van der Waals surface area contributed by atoms with Crippen molar-refractivity contribution in [2.75, 3.05) is 32.8 Å². The van der Waals surface area contributed by atoms with Crippen LogP contribution in [0.4, 0.5) is 0 Å². The summed E-state index contributed by atoms with van der Waals surface area (Å²) >= 11 is 3.53. The van der Waals surface area contributed by atoms with Crippen molar-refractivity contribution in [3.63, 3.8) is 0 Å². The van der Waals surface area contributed by atoms with Crippen LogP contribution >= 0.6 is 15.9 Å². The molecule has 2 saturated heterocycles. The molecule has 4 nitrogen and oxygen atoms in total. The van der Waals surface area contributed by atoms with Crippen LogP contribution < -0.4 is 5.73 Å². The highest BCUT2D eigenvalue weighted by molar-refractivity contribution is 9.10. The van der Waals surface area contributed by atoms with Gasteiger partial charge in [0.1, 0.15) is 0 Å². The van der Waals surface area contributed by atoms with Crippen LogP contribution in [0.3, 0.4) is 0 Å². The summed E-state index contributed by atoms with van der Waals surface area (Å²) in [6, 6.07) is 8.17. The Morgan fingerprint density at radius 3 is 2.82 bits per heavy atom. The predicted octanol–water partition coefficient (Wildman–Crippen LogP) is 2.30. The van der Waals surface area contributed by atoms with Crippen LogP contribution in [0.2, 0.25) is 0 Å². The van der Waals surface area contributed by atoms with Gasteiger partial charge in [0, 0.05) is 30.8 Å². The van der Waals surface area contributed by atoms with Crippen LogP contribution in [0.15, 0.2) is 28.7 Å². The molecule has 2 aliphatic heterocycles. The Morgan fingerprint density at radius 1 is 1.41 bits per heavy atom. The molecule has 0 aromatic heterocycles. The maximum Gasteiger partial charge on any atom is 0.233 e. The fourth-order valence-electron chi connectivity index (χ4n) is 3.64. The van der Waals surface area contributed by atoms with Crippen molar-refractivity contribution >= 4 is 21.8 Å². The quantitative estimate of drug-likeness (QED) is 0.892. The second-order valence-electron chi connectivity index (χ2n) is 6.35. The fourth-order valence-corrected chi connectivity index (χ4v) is 4.04. The first-order valence-electron chi connectivity index (χ1n) is 7.99. The van der Waals surface area contributed by atoms with Crippen LogP contribution in [0.1, 0.15) is 24.8 Å². The summed E-state index contributed by atoms with van der Waals surface area (Å²) in [7, 11) is 0. The number of halogens is 1. The van der Waals surface area contributed by atoms with E-state index in [4.69, 9.17) is 10.5 Å². The van der Waals surface area contributed by atoms with Gasteiger partial charge in [-0.2, -0.15) is 0 Å². The number of benzene rings is 1. The van der Waals surface area contributed by atoms with Gasteiger partial charge in [-0.3, -0.25) is 4.79 Å². The molecule has 2 heterocycles. The van der Waals surface area contributed by atoms with Gasteiger partial charge in [-0.05, 0) is 49.4 Å². The molecular weight excluding hydrogens is 344 g/mol. The topological polar surface area (TPSA) is 55.6 Å². The van der Waals surface area contributed by atoms with Crippen LogP contribution in [-0.2, 0) is 14.9 Å². The van der Waals surface area contributed by atoms with Crippen LogP contribution in [0.5, 0.6) is 0 Å². The standard InChI is InChI=1S/C17H23BrN2O2/c18-15-3-1-2-14(10-15)17(5-8-22-9-6-17)16(21)20-7-4-13(11-19)12-20/h1-3,10,13H,4-9,11-12,19H2/t13-/m0/s1. The number of carbonyl (C=O) groups excluding carboxylic acids is 1. The zero-order valence-electron chi connectivity index (χ0n) is 12.8. The highest BCUT2D eigenvalue weighted by atomic mass is 79.9. The van der Waals surface area contributed by atoms with E-state index in [0.29, 0.717) is 25.7 Å². The van der Waals surface area contributed by atoms with Gasteiger partial charge < -0.3 is 15.4 Å². The van der Waals surface area contributed by atoms with Gasteiger partial charge in [0.25, 0.3) is 0 Å². The second kappa shape index (κ2) is 6.69. The lowest BCUT2D eigenvalue weighted by Gasteiger charge is -2.39. The van der Waals surface area contributed by atoms with E-state index in [1.165, 1.54) is 0 Å². The number of rotatable bonds is 3. The fraction of sp³-hybridized carbons (Fsp3) is 0.588. The molecule has 2 aliphatic rings. The van der Waals surface area contributed by atoms with Crippen LogP contribution in [0, 0.1) is 5.92 Å². The minimum absolute atomic E-state index is 0.254. The van der Waals surface area contributed by atoms with Crippen LogP contribution in [-0.4, -0.2) is 43.7 Å². The summed E-state index contributed by atoms with van der Waals surface area (Å²) < 4.78 is 6.55. The average Bonchev–Trinajstić information content (AvgIpc) is 3.04. The Balaban J connectivity index is 1.91. The molecule has 0 saturated carbocycles. The van der Waals surface area contributed by atoms with Crippen molar-refractivity contribution in [3.8, 4) is 0 Å². The summed E-state index contributed by atoms with van der Waals surface area (Å²) in [5, 5.41) is 0. The zero-order chi connectivity index (χ0) is 15.6. The summed E-state index contributed by atoms with van der Waals surface area (Å²) in [4.78, 5) is 15.3. The molecule has 0 radical (unpaired) electrons. The number of amides is 1. The van der Waals surface area contributed by atoms with Gasteiger partial charge in [0.15, 0.2) is 0 Å². The maximum absolute atomic E-state index is 13.3. The molecule has 0 spiro atoms. The van der Waals surface area contributed by atoms with E-state index in [-0.39, 0.29) is 5.91 Å². The van der Waals surface area contributed by atoms with Crippen molar-refractivity contribution in [3.05, 3.63) is 34.3 Å². The third kappa shape index (κ3) is 2.94. The highest BCUT2D eigenvalue weighted by Gasteiger charge is 2.45. The van der Waals surface area contributed by atoms with E-state index < -0.39 is 5.41 Å². The first-order chi connectivity index (χ1) is 10.7. The van der Waals surface area contributed by atoms with Gasteiger partial charge in [-0.15, -0.1) is 0 Å². The van der Waals surface area contributed by atoms with Crippen molar-refractivity contribution < 1.29 is 9.53 Å². The third-order valence-electron chi connectivity index (χ3n) is 5.04. The SMILES string of the molecule is NC[C@@H]1CCN(C(=O)C2(c3cccc(Br)c3)CCOCC2)C1. The first kappa shape index (κ1) is 16.0. The molecule has 3 rings (SSSR count). The van der Waals surface area contributed by atoms with E-state index in [1.54, 1.807) is 0 Å². The highest BCUT2D eigenvalue weighted by Crippen LogP contribution is 2.38. The average molecular weight is 367 g/mol. The van der Waals surface area contributed by atoms with Gasteiger partial charge in [-0.1, -0.05) is 28.1 Å². The molecule has 22 heavy (non-hydrogen) atoms. The van der Waals surface area contributed by atoms with Crippen molar-refractivity contribution in [1.82, 2.24) is 4.90 Å². The molecule has 0 unspecified atom stereocenters. The molecule has 1 atom stereocenters. The van der Waals surface area contributed by atoms with E-state index >= 15 is 0 Å². The maximum atomic E-state index is 13.3. The van der Waals surface area contributed by atoms with Crippen molar-refractivity contribution in [1.29, 1.82) is 0 Å². The molecule has 1 amide bonds. The molecule has 2 N–H and O–H groups in total. The number of likely N-dealkylation sites (tertiary alicyclic amines) is 1. The van der Waals surface area contributed by atoms with E-state index in [0.717, 1.165) is 42.4 Å². The summed E-state index contributed by atoms with van der Waals surface area (Å²) in [5.74, 6) is 0.702. The normalized spacial score (nSPS) is 24.5. The number of hydrogen-bond acceptors (Lipinski definition) is 3. The molecule has 0 bridgehead atoms. The number of carbonyl (C=O) groups is 1. The zero-order valence-corrected chi connectivity index (χ0v) is 14.3. The monoisotopic (exact) mass is 366 g/mol. The largest absolute Gasteiger partial charge is 0.381 e. The van der Waals surface area contributed by atoms with Gasteiger partial charge in [-0.25, -0.2) is 0 Å². The Kier molecular flexibility index (Phi) is 4.85. The summed E-state index contributed by atoms with van der Waals surface area (Å²) in [5.41, 5.74) is 6.44. The van der Waals surface area contributed by atoms with Crippen molar-refractivity contribution in [2.45, 2.75) is 24.7 Å². The molecule has 120 valence electrons.